The van der Waals surface area contributed by atoms with Gasteiger partial charge >= 0.3 is 0 Å². The lowest BCUT2D eigenvalue weighted by atomic mass is 10.4. The van der Waals surface area contributed by atoms with E-state index in [1.165, 1.54) is 19.0 Å². The summed E-state index contributed by atoms with van der Waals surface area (Å²) >= 11 is 2.06. The van der Waals surface area contributed by atoms with Crippen LogP contribution in [-0.4, -0.2) is 26.3 Å². The van der Waals surface area contributed by atoms with Gasteiger partial charge in [-0.3, -0.25) is 0 Å². The van der Waals surface area contributed by atoms with Gasteiger partial charge < -0.3 is 4.74 Å². The Morgan fingerprint density at radius 1 is 1.56 bits per heavy atom. The van der Waals surface area contributed by atoms with E-state index < -0.39 is 9.84 Å². The summed E-state index contributed by atoms with van der Waals surface area (Å²) in [7, 11) is -3.32. The molecule has 0 radical (unpaired) electrons. The molecule has 2 rings (SSSR count). The van der Waals surface area contributed by atoms with Gasteiger partial charge in [0, 0.05) is 12.5 Å². The first kappa shape index (κ1) is 12.1. The molecule has 1 saturated carbocycles. The third kappa shape index (κ3) is 2.85. The van der Waals surface area contributed by atoms with E-state index in [9.17, 15) is 8.42 Å². The van der Waals surface area contributed by atoms with Crippen molar-refractivity contribution in [3.05, 3.63) is 15.8 Å². The Hall–Kier alpha value is -0.370. The van der Waals surface area contributed by atoms with Crippen LogP contribution in [0.15, 0.2) is 17.3 Å². The number of halogens is 1. The van der Waals surface area contributed by atoms with E-state index in [1.807, 2.05) is 0 Å². The van der Waals surface area contributed by atoms with Gasteiger partial charge in [0.1, 0.15) is 0 Å². The fourth-order valence-corrected chi connectivity index (χ4v) is 2.80. The van der Waals surface area contributed by atoms with Crippen molar-refractivity contribution in [3.63, 3.8) is 0 Å². The van der Waals surface area contributed by atoms with Crippen LogP contribution in [0.4, 0.5) is 0 Å². The van der Waals surface area contributed by atoms with E-state index in [0.29, 0.717) is 18.3 Å². The summed E-state index contributed by atoms with van der Waals surface area (Å²) in [6.07, 6.45) is 4.98. The minimum Gasteiger partial charge on any atom is -0.489 e. The van der Waals surface area contributed by atoms with Crippen LogP contribution in [-0.2, 0) is 9.84 Å². The number of hydrogen-bond donors (Lipinski definition) is 0. The summed E-state index contributed by atoms with van der Waals surface area (Å²) < 4.78 is 29.4. The van der Waals surface area contributed by atoms with Crippen LogP contribution < -0.4 is 4.74 Å². The second kappa shape index (κ2) is 4.48. The first-order valence-corrected chi connectivity index (χ1v) is 7.93. The summed E-state index contributed by atoms with van der Waals surface area (Å²) in [5.74, 6) is 0.987. The zero-order chi connectivity index (χ0) is 11.8. The molecule has 1 heterocycles. The van der Waals surface area contributed by atoms with Gasteiger partial charge in [-0.1, -0.05) is 0 Å². The maximum Gasteiger partial charge on any atom is 0.198 e. The maximum atomic E-state index is 11.5. The molecule has 1 aliphatic carbocycles. The Morgan fingerprint density at radius 3 is 2.81 bits per heavy atom. The molecule has 0 aromatic carbocycles. The van der Waals surface area contributed by atoms with E-state index in [4.69, 9.17) is 4.74 Å². The highest BCUT2D eigenvalue weighted by Gasteiger charge is 2.25. The third-order valence-electron chi connectivity index (χ3n) is 2.34. The average molecular weight is 353 g/mol. The first-order chi connectivity index (χ1) is 7.48. The first-order valence-electron chi connectivity index (χ1n) is 4.96. The van der Waals surface area contributed by atoms with Crippen LogP contribution in [0, 0.1) is 9.49 Å². The number of aromatic nitrogens is 1. The van der Waals surface area contributed by atoms with E-state index in [0.717, 1.165) is 9.83 Å². The van der Waals surface area contributed by atoms with Gasteiger partial charge in [0.2, 0.25) is 0 Å². The van der Waals surface area contributed by atoms with Crippen molar-refractivity contribution >= 4 is 32.4 Å². The standard InChI is InChI=1S/C10H12INO3S/c1-16(13,14)10-9(8(11)4-5-12-10)15-6-7-2-3-7/h4-5,7H,2-3,6H2,1H3. The number of pyridine rings is 1. The van der Waals surface area contributed by atoms with Crippen molar-refractivity contribution in [2.75, 3.05) is 12.9 Å². The van der Waals surface area contributed by atoms with Crippen molar-refractivity contribution in [2.45, 2.75) is 17.9 Å². The van der Waals surface area contributed by atoms with Crippen LogP contribution in [0.1, 0.15) is 12.8 Å². The van der Waals surface area contributed by atoms with Gasteiger partial charge in [-0.15, -0.1) is 0 Å². The van der Waals surface area contributed by atoms with E-state index in [1.54, 1.807) is 6.07 Å². The summed E-state index contributed by atoms with van der Waals surface area (Å²) in [4.78, 5) is 3.89. The van der Waals surface area contributed by atoms with Crippen LogP contribution in [0.5, 0.6) is 5.75 Å². The SMILES string of the molecule is CS(=O)(=O)c1nccc(I)c1OCC1CC1. The quantitative estimate of drug-likeness (QED) is 0.776. The van der Waals surface area contributed by atoms with Gasteiger partial charge in [0.05, 0.1) is 10.2 Å². The molecular formula is C10H12INO3S. The topological polar surface area (TPSA) is 56.3 Å². The third-order valence-corrected chi connectivity index (χ3v) is 4.18. The Morgan fingerprint density at radius 2 is 2.25 bits per heavy atom. The number of ether oxygens (including phenoxy) is 1. The molecule has 0 spiro atoms. The molecule has 0 atom stereocenters. The van der Waals surface area contributed by atoms with Crippen molar-refractivity contribution in [2.24, 2.45) is 5.92 Å². The van der Waals surface area contributed by atoms with E-state index in [2.05, 4.69) is 27.6 Å². The summed E-state index contributed by atoms with van der Waals surface area (Å²) in [5, 5.41) is 0.0417. The molecule has 1 aliphatic rings. The highest BCUT2D eigenvalue weighted by Crippen LogP contribution is 2.32. The second-order valence-corrected chi connectivity index (χ2v) is 7.05. The van der Waals surface area contributed by atoms with Gasteiger partial charge in [-0.2, -0.15) is 0 Å². The minimum absolute atomic E-state index is 0.0417. The molecule has 0 unspecified atom stereocenters. The van der Waals surface area contributed by atoms with Crippen molar-refractivity contribution in [1.82, 2.24) is 4.98 Å². The summed E-state index contributed by atoms with van der Waals surface area (Å²) in [5.41, 5.74) is 0. The Bertz CT molecular complexity index is 497. The fourth-order valence-electron chi connectivity index (χ4n) is 1.29. The number of rotatable bonds is 4. The summed E-state index contributed by atoms with van der Waals surface area (Å²) in [6.45, 7) is 0.588. The number of sulfone groups is 1. The van der Waals surface area contributed by atoms with Crippen molar-refractivity contribution in [3.8, 4) is 5.75 Å². The lowest BCUT2D eigenvalue weighted by Gasteiger charge is -2.10. The molecule has 6 heteroatoms. The fraction of sp³-hybridized carbons (Fsp3) is 0.500. The Labute approximate surface area is 108 Å². The predicted octanol–water partition coefficient (Wildman–Crippen LogP) is 1.88. The molecule has 16 heavy (non-hydrogen) atoms. The number of hydrogen-bond acceptors (Lipinski definition) is 4. The molecule has 0 amide bonds. The zero-order valence-electron chi connectivity index (χ0n) is 8.81. The molecule has 0 N–H and O–H groups in total. The van der Waals surface area contributed by atoms with Crippen LogP contribution in [0.3, 0.4) is 0 Å². The van der Waals surface area contributed by atoms with E-state index >= 15 is 0 Å². The molecule has 1 aromatic heterocycles. The molecular weight excluding hydrogens is 341 g/mol. The van der Waals surface area contributed by atoms with Gasteiger partial charge in [-0.25, -0.2) is 13.4 Å². The highest BCUT2D eigenvalue weighted by molar-refractivity contribution is 14.1. The molecule has 0 aliphatic heterocycles. The predicted molar refractivity (Wildman–Crippen MR) is 68.3 cm³/mol. The maximum absolute atomic E-state index is 11.5. The van der Waals surface area contributed by atoms with Crippen molar-refractivity contribution < 1.29 is 13.2 Å². The Kier molecular flexibility index (Phi) is 3.39. The van der Waals surface area contributed by atoms with Gasteiger partial charge in [0.25, 0.3) is 0 Å². The molecule has 0 saturated heterocycles. The molecule has 4 nitrogen and oxygen atoms in total. The largest absolute Gasteiger partial charge is 0.489 e. The summed E-state index contributed by atoms with van der Waals surface area (Å²) in [6, 6.07) is 1.75. The van der Waals surface area contributed by atoms with Crippen LogP contribution in [0.2, 0.25) is 0 Å². The zero-order valence-corrected chi connectivity index (χ0v) is 11.8. The lowest BCUT2D eigenvalue weighted by Crippen LogP contribution is -2.08. The molecule has 88 valence electrons. The second-order valence-electron chi connectivity index (χ2n) is 3.95. The molecule has 0 bridgehead atoms. The normalized spacial score (nSPS) is 16.1. The van der Waals surface area contributed by atoms with Gasteiger partial charge in [0.15, 0.2) is 20.6 Å². The van der Waals surface area contributed by atoms with Gasteiger partial charge in [-0.05, 0) is 47.4 Å². The monoisotopic (exact) mass is 353 g/mol. The minimum atomic E-state index is -3.32. The Balaban J connectivity index is 2.31. The lowest BCUT2D eigenvalue weighted by molar-refractivity contribution is 0.287. The highest BCUT2D eigenvalue weighted by atomic mass is 127. The average Bonchev–Trinajstić information content (AvgIpc) is 2.97. The number of nitrogens with zero attached hydrogens (tertiary/aromatic N) is 1. The smallest absolute Gasteiger partial charge is 0.198 e. The molecule has 1 fully saturated rings. The van der Waals surface area contributed by atoms with Crippen LogP contribution in [0.25, 0.3) is 0 Å². The molecule has 1 aromatic rings. The van der Waals surface area contributed by atoms with Crippen LogP contribution >= 0.6 is 22.6 Å². The van der Waals surface area contributed by atoms with Crippen molar-refractivity contribution in [1.29, 1.82) is 0 Å². The van der Waals surface area contributed by atoms with E-state index in [-0.39, 0.29) is 5.03 Å².